The summed E-state index contributed by atoms with van der Waals surface area (Å²) in [6.45, 7) is 3.68. The first kappa shape index (κ1) is 7.59. The minimum atomic E-state index is -0.0972. The fourth-order valence-corrected chi connectivity index (χ4v) is 0.321. The fraction of sp³-hybridized carbons (Fsp3) is 0.800. The van der Waals surface area contributed by atoms with Crippen LogP contribution in [-0.4, -0.2) is 18.5 Å². The number of Topliss-reactive ketones (excluding diaryl/α,β-unsaturated/α-hetero) is 1. The van der Waals surface area contributed by atoms with E-state index in [2.05, 4.69) is 5.32 Å². The molecule has 0 aliphatic carbocycles. The molecule has 1 atom stereocenters. The zero-order valence-electron chi connectivity index (χ0n) is 5.27. The zero-order valence-corrected chi connectivity index (χ0v) is 5.27. The molecule has 0 aromatic carbocycles. The molecule has 0 fully saturated rings. The third kappa shape index (κ3) is 2.71. The topological polar surface area (TPSA) is 55.1 Å². The van der Waals surface area contributed by atoms with Crippen LogP contribution in [0.15, 0.2) is 0 Å². The number of rotatable bonds is 3. The lowest BCUT2D eigenvalue weighted by Gasteiger charge is -2.05. The number of nitrogens with two attached hydrogens (primary N) is 1. The molecule has 3 heteroatoms. The highest BCUT2D eigenvalue weighted by molar-refractivity contribution is 5.80. The van der Waals surface area contributed by atoms with Gasteiger partial charge in [0.2, 0.25) is 0 Å². The lowest BCUT2D eigenvalue weighted by molar-refractivity contribution is -0.118. The van der Waals surface area contributed by atoms with Crippen LogP contribution in [0.2, 0.25) is 0 Å². The highest BCUT2D eigenvalue weighted by Crippen LogP contribution is 1.78. The third-order valence-corrected chi connectivity index (χ3v) is 1.03. The first-order valence-corrected chi connectivity index (χ1v) is 2.62. The Morgan fingerprint density at radius 1 is 1.88 bits per heavy atom. The Morgan fingerprint density at radius 3 is 2.50 bits per heavy atom. The van der Waals surface area contributed by atoms with Gasteiger partial charge in [-0.2, -0.15) is 0 Å². The van der Waals surface area contributed by atoms with Crippen LogP contribution in [0, 0.1) is 0 Å². The predicted molar refractivity (Wildman–Crippen MR) is 32.3 cm³/mol. The highest BCUT2D eigenvalue weighted by Gasteiger charge is 2.02. The van der Waals surface area contributed by atoms with E-state index in [1.54, 1.807) is 6.92 Å². The van der Waals surface area contributed by atoms with Crippen molar-refractivity contribution in [1.82, 2.24) is 5.32 Å². The van der Waals surface area contributed by atoms with Gasteiger partial charge in [0, 0.05) is 6.67 Å². The van der Waals surface area contributed by atoms with Gasteiger partial charge in [-0.25, -0.2) is 0 Å². The Labute approximate surface area is 49.3 Å². The van der Waals surface area contributed by atoms with E-state index in [1.165, 1.54) is 6.92 Å². The number of ketones is 1. The van der Waals surface area contributed by atoms with Gasteiger partial charge in [-0.05, 0) is 13.8 Å². The van der Waals surface area contributed by atoms with Crippen molar-refractivity contribution in [3.63, 3.8) is 0 Å². The summed E-state index contributed by atoms with van der Waals surface area (Å²) >= 11 is 0. The van der Waals surface area contributed by atoms with Crippen LogP contribution in [0.25, 0.3) is 0 Å². The second-order valence-electron chi connectivity index (χ2n) is 1.74. The molecule has 0 amide bonds. The van der Waals surface area contributed by atoms with Gasteiger partial charge < -0.3 is 5.73 Å². The summed E-state index contributed by atoms with van der Waals surface area (Å²) in [6.07, 6.45) is 0. The molecule has 0 aromatic rings. The smallest absolute Gasteiger partial charge is 0.146 e. The van der Waals surface area contributed by atoms with Gasteiger partial charge in [-0.15, -0.1) is 0 Å². The molecule has 0 aliphatic rings. The summed E-state index contributed by atoms with van der Waals surface area (Å²) in [4.78, 5) is 10.4. The van der Waals surface area contributed by atoms with E-state index in [-0.39, 0.29) is 11.8 Å². The fourth-order valence-electron chi connectivity index (χ4n) is 0.321. The van der Waals surface area contributed by atoms with E-state index in [0.717, 1.165) is 0 Å². The number of carbonyl (C=O) groups is 1. The van der Waals surface area contributed by atoms with Crippen LogP contribution in [0.1, 0.15) is 13.8 Å². The Kier molecular flexibility index (Phi) is 3.39. The SMILES string of the molecule is CC(=O)[C@H](C)NCN. The molecular weight excluding hydrogens is 104 g/mol. The molecule has 3 N–H and O–H groups in total. The quantitative estimate of drug-likeness (QED) is 0.487. The van der Waals surface area contributed by atoms with Crippen LogP contribution >= 0.6 is 0 Å². The Bertz CT molecular complexity index is 82.5. The maximum absolute atomic E-state index is 10.4. The molecule has 48 valence electrons. The largest absolute Gasteiger partial charge is 0.318 e. The highest BCUT2D eigenvalue weighted by atomic mass is 16.1. The van der Waals surface area contributed by atoms with Crippen LogP contribution in [0.3, 0.4) is 0 Å². The molecule has 0 radical (unpaired) electrons. The maximum atomic E-state index is 10.4. The van der Waals surface area contributed by atoms with Gasteiger partial charge in [-0.3, -0.25) is 10.1 Å². The maximum Gasteiger partial charge on any atom is 0.146 e. The average Bonchev–Trinajstić information content (AvgIpc) is 1.67. The molecule has 8 heavy (non-hydrogen) atoms. The monoisotopic (exact) mass is 116 g/mol. The molecular formula is C5H12N2O. The van der Waals surface area contributed by atoms with Crippen molar-refractivity contribution in [2.45, 2.75) is 19.9 Å². The van der Waals surface area contributed by atoms with E-state index < -0.39 is 0 Å². The lowest BCUT2D eigenvalue weighted by atomic mass is 10.2. The van der Waals surface area contributed by atoms with Crippen molar-refractivity contribution in [3.8, 4) is 0 Å². The second-order valence-corrected chi connectivity index (χ2v) is 1.74. The molecule has 0 aliphatic heterocycles. The van der Waals surface area contributed by atoms with E-state index in [9.17, 15) is 4.79 Å². The Hall–Kier alpha value is -0.410. The van der Waals surface area contributed by atoms with Crippen LogP contribution in [0.4, 0.5) is 0 Å². The van der Waals surface area contributed by atoms with Gasteiger partial charge in [0.25, 0.3) is 0 Å². The van der Waals surface area contributed by atoms with E-state index in [4.69, 9.17) is 5.73 Å². The van der Waals surface area contributed by atoms with E-state index in [0.29, 0.717) is 6.67 Å². The summed E-state index contributed by atoms with van der Waals surface area (Å²) in [6, 6.07) is -0.0972. The first-order chi connectivity index (χ1) is 3.68. The summed E-state index contributed by atoms with van der Waals surface area (Å²) in [7, 11) is 0. The average molecular weight is 116 g/mol. The third-order valence-electron chi connectivity index (χ3n) is 1.03. The van der Waals surface area contributed by atoms with Crippen LogP contribution in [0.5, 0.6) is 0 Å². The molecule has 0 spiro atoms. The van der Waals surface area contributed by atoms with Crippen molar-refractivity contribution >= 4 is 5.78 Å². The van der Waals surface area contributed by atoms with Crippen molar-refractivity contribution in [2.75, 3.05) is 6.67 Å². The minimum absolute atomic E-state index is 0.0972. The summed E-state index contributed by atoms with van der Waals surface area (Å²) in [5.41, 5.74) is 5.10. The molecule has 3 nitrogen and oxygen atoms in total. The number of hydrogen-bond donors (Lipinski definition) is 2. The van der Waals surface area contributed by atoms with Gasteiger partial charge in [0.05, 0.1) is 6.04 Å². The van der Waals surface area contributed by atoms with Crippen molar-refractivity contribution < 1.29 is 4.79 Å². The minimum Gasteiger partial charge on any atom is -0.318 e. The van der Waals surface area contributed by atoms with Gasteiger partial charge >= 0.3 is 0 Å². The molecule has 0 saturated heterocycles. The number of nitrogens with one attached hydrogen (secondary N) is 1. The van der Waals surface area contributed by atoms with Crippen molar-refractivity contribution in [3.05, 3.63) is 0 Å². The van der Waals surface area contributed by atoms with E-state index >= 15 is 0 Å². The zero-order chi connectivity index (χ0) is 6.57. The van der Waals surface area contributed by atoms with Crippen LogP contribution < -0.4 is 11.1 Å². The second kappa shape index (κ2) is 3.57. The molecule has 0 rings (SSSR count). The number of hydrogen-bond acceptors (Lipinski definition) is 3. The lowest BCUT2D eigenvalue weighted by Crippen LogP contribution is -2.36. The molecule has 0 heterocycles. The molecule has 0 saturated carbocycles. The standard InChI is InChI=1S/C5H12N2O/c1-4(5(2)8)7-3-6/h4,7H,3,6H2,1-2H3/t4-/m0/s1. The van der Waals surface area contributed by atoms with E-state index in [1.807, 2.05) is 0 Å². The van der Waals surface area contributed by atoms with Crippen molar-refractivity contribution in [1.29, 1.82) is 0 Å². The number of carbonyl (C=O) groups excluding carboxylic acids is 1. The van der Waals surface area contributed by atoms with Crippen LogP contribution in [-0.2, 0) is 4.79 Å². The van der Waals surface area contributed by atoms with Crippen molar-refractivity contribution in [2.24, 2.45) is 5.73 Å². The summed E-state index contributed by atoms with van der Waals surface area (Å²) in [5, 5.41) is 2.77. The molecule has 0 bridgehead atoms. The van der Waals surface area contributed by atoms with Gasteiger partial charge in [0.1, 0.15) is 5.78 Å². The summed E-state index contributed by atoms with van der Waals surface area (Å²) < 4.78 is 0. The molecule has 0 unspecified atom stereocenters. The normalized spacial score (nSPS) is 13.4. The Balaban J connectivity index is 3.32. The first-order valence-electron chi connectivity index (χ1n) is 2.62. The summed E-state index contributed by atoms with van der Waals surface area (Å²) in [5.74, 6) is 0.121. The van der Waals surface area contributed by atoms with Gasteiger partial charge in [0.15, 0.2) is 0 Å². The predicted octanol–water partition coefficient (Wildman–Crippen LogP) is -0.530. The van der Waals surface area contributed by atoms with Gasteiger partial charge in [-0.1, -0.05) is 0 Å². The Morgan fingerprint density at radius 2 is 2.38 bits per heavy atom. The molecule has 0 aromatic heterocycles.